The van der Waals surface area contributed by atoms with Gasteiger partial charge in [0.05, 0.1) is 6.04 Å². The Hall–Kier alpha value is -0.870. The fourth-order valence-electron chi connectivity index (χ4n) is 1.80. The molecule has 0 radical (unpaired) electrons. The molecule has 5 N–H and O–H groups in total. The van der Waals surface area contributed by atoms with Crippen LogP contribution in [0.15, 0.2) is 11.3 Å². The van der Waals surface area contributed by atoms with Gasteiger partial charge in [-0.2, -0.15) is 0 Å². The maximum Gasteiger partial charge on any atom is 0.0507 e. The van der Waals surface area contributed by atoms with Crippen molar-refractivity contribution in [3.8, 4) is 0 Å². The average Bonchev–Trinajstić information content (AvgIpc) is 2.11. The van der Waals surface area contributed by atoms with Gasteiger partial charge in [0.1, 0.15) is 0 Å². The second-order valence-electron chi connectivity index (χ2n) is 4.03. The van der Waals surface area contributed by atoms with Crippen molar-refractivity contribution in [3.05, 3.63) is 11.3 Å². The third-order valence-electron chi connectivity index (χ3n) is 2.66. The molecule has 4 heteroatoms. The predicted molar refractivity (Wildman–Crippen MR) is 59.5 cm³/mol. The fourth-order valence-corrected chi connectivity index (χ4v) is 1.80. The molecule has 0 aromatic carbocycles. The summed E-state index contributed by atoms with van der Waals surface area (Å²) in [4.78, 5) is 0. The summed E-state index contributed by atoms with van der Waals surface area (Å²) in [6.07, 6.45) is 1.35. The van der Waals surface area contributed by atoms with Gasteiger partial charge in [-0.25, -0.2) is 0 Å². The Morgan fingerprint density at radius 1 is 1.50 bits per heavy atom. The van der Waals surface area contributed by atoms with Crippen LogP contribution in [-0.4, -0.2) is 30.9 Å². The molecule has 1 rings (SSSR count). The molecule has 3 unspecified atom stereocenters. The van der Waals surface area contributed by atoms with Crippen molar-refractivity contribution >= 4 is 6.21 Å². The van der Waals surface area contributed by atoms with Crippen LogP contribution in [0.1, 0.15) is 20.8 Å². The van der Waals surface area contributed by atoms with Gasteiger partial charge in [-0.3, -0.25) is 0 Å². The average molecular weight is 196 g/mol. The van der Waals surface area contributed by atoms with Gasteiger partial charge in [0.15, 0.2) is 0 Å². The second kappa shape index (κ2) is 4.57. The number of allylic oxidation sites excluding steroid dienone is 1. The maximum atomic E-state index is 7.35. The largest absolute Gasteiger partial charge is 0.402 e. The summed E-state index contributed by atoms with van der Waals surface area (Å²) in [5.74, 6) is 0. The van der Waals surface area contributed by atoms with Gasteiger partial charge in [-0.05, 0) is 20.8 Å². The first kappa shape index (κ1) is 11.2. The molecule has 0 saturated carbocycles. The summed E-state index contributed by atoms with van der Waals surface area (Å²) < 4.78 is 0. The lowest BCUT2D eigenvalue weighted by Crippen LogP contribution is -2.59. The highest BCUT2D eigenvalue weighted by Crippen LogP contribution is 2.11. The molecule has 0 bridgehead atoms. The molecule has 0 aromatic heterocycles. The number of piperazine rings is 1. The minimum absolute atomic E-state index is 0.154. The first-order valence-electron chi connectivity index (χ1n) is 5.02. The zero-order valence-corrected chi connectivity index (χ0v) is 9.09. The van der Waals surface area contributed by atoms with Crippen LogP contribution >= 0.6 is 0 Å². The van der Waals surface area contributed by atoms with Crippen molar-refractivity contribution in [2.75, 3.05) is 6.54 Å². The number of nitrogens with one attached hydrogen (secondary N) is 3. The lowest BCUT2D eigenvalue weighted by Gasteiger charge is -2.36. The van der Waals surface area contributed by atoms with Gasteiger partial charge < -0.3 is 21.8 Å². The molecule has 14 heavy (non-hydrogen) atoms. The predicted octanol–water partition coefficient (Wildman–Crippen LogP) is 0.207. The normalized spacial score (nSPS) is 34.9. The quantitative estimate of drug-likeness (QED) is 0.477. The lowest BCUT2D eigenvalue weighted by molar-refractivity contribution is 0.321. The van der Waals surface area contributed by atoms with Gasteiger partial charge in [0.25, 0.3) is 0 Å². The van der Waals surface area contributed by atoms with Crippen molar-refractivity contribution < 1.29 is 0 Å². The fraction of sp³-hybridized carbons (Fsp3) is 0.700. The van der Waals surface area contributed by atoms with Crippen LogP contribution in [0.3, 0.4) is 0 Å². The minimum Gasteiger partial charge on any atom is -0.402 e. The van der Waals surface area contributed by atoms with Gasteiger partial charge in [0, 0.05) is 36.1 Å². The van der Waals surface area contributed by atoms with Crippen molar-refractivity contribution in [1.82, 2.24) is 10.6 Å². The van der Waals surface area contributed by atoms with E-state index in [0.717, 1.165) is 17.8 Å². The van der Waals surface area contributed by atoms with Gasteiger partial charge in [-0.1, -0.05) is 0 Å². The van der Waals surface area contributed by atoms with Crippen LogP contribution in [-0.2, 0) is 0 Å². The zero-order chi connectivity index (χ0) is 10.7. The second-order valence-corrected chi connectivity index (χ2v) is 4.03. The highest BCUT2D eigenvalue weighted by Gasteiger charge is 2.26. The Morgan fingerprint density at radius 3 is 2.64 bits per heavy atom. The molecular formula is C10H20N4. The molecule has 1 heterocycles. The number of hydrogen-bond acceptors (Lipinski definition) is 4. The molecule has 1 saturated heterocycles. The van der Waals surface area contributed by atoms with Crippen molar-refractivity contribution in [3.63, 3.8) is 0 Å². The van der Waals surface area contributed by atoms with Gasteiger partial charge in [0.2, 0.25) is 0 Å². The Labute approximate surface area is 85.5 Å². The molecule has 1 aliphatic rings. The summed E-state index contributed by atoms with van der Waals surface area (Å²) in [5, 5.41) is 14.2. The first-order chi connectivity index (χ1) is 6.56. The standard InChI is InChI=1S/C10H20N4/c1-6-5-13-8(3)10(14-6)9(4-11)7(2)12/h4,6,8,10-11,13-14H,5,12H2,1-3H3/b9-7+,11-4?. The number of hydrogen-bond donors (Lipinski definition) is 4. The molecule has 0 aliphatic carbocycles. The van der Waals surface area contributed by atoms with Crippen LogP contribution in [0.4, 0.5) is 0 Å². The molecule has 80 valence electrons. The summed E-state index contributed by atoms with van der Waals surface area (Å²) in [6.45, 7) is 7.04. The molecule has 0 aromatic rings. The summed E-state index contributed by atoms with van der Waals surface area (Å²) in [7, 11) is 0. The Morgan fingerprint density at radius 2 is 2.14 bits per heavy atom. The van der Waals surface area contributed by atoms with E-state index < -0.39 is 0 Å². The number of rotatable bonds is 2. The lowest BCUT2D eigenvalue weighted by atomic mass is 9.96. The molecule has 0 amide bonds. The van der Waals surface area contributed by atoms with E-state index in [-0.39, 0.29) is 6.04 Å². The van der Waals surface area contributed by atoms with Crippen molar-refractivity contribution in [2.45, 2.75) is 38.9 Å². The Kier molecular flexibility index (Phi) is 3.66. The molecule has 3 atom stereocenters. The third kappa shape index (κ3) is 2.33. The minimum atomic E-state index is 0.154. The van der Waals surface area contributed by atoms with Gasteiger partial charge >= 0.3 is 0 Å². The van der Waals surface area contributed by atoms with Crippen LogP contribution in [0.2, 0.25) is 0 Å². The summed E-state index contributed by atoms with van der Waals surface area (Å²) in [5.41, 5.74) is 7.35. The van der Waals surface area contributed by atoms with Crippen molar-refractivity contribution in [2.24, 2.45) is 5.73 Å². The number of nitrogens with two attached hydrogens (primary N) is 1. The van der Waals surface area contributed by atoms with E-state index in [1.165, 1.54) is 6.21 Å². The summed E-state index contributed by atoms with van der Waals surface area (Å²) in [6, 6.07) is 0.896. The van der Waals surface area contributed by atoms with E-state index in [1.807, 2.05) is 6.92 Å². The Bertz CT molecular complexity index is 243. The van der Waals surface area contributed by atoms with E-state index in [0.29, 0.717) is 12.1 Å². The van der Waals surface area contributed by atoms with E-state index in [1.54, 1.807) is 0 Å². The summed E-state index contributed by atoms with van der Waals surface area (Å²) >= 11 is 0. The Balaban J connectivity index is 2.83. The molecule has 1 fully saturated rings. The first-order valence-corrected chi connectivity index (χ1v) is 5.02. The van der Waals surface area contributed by atoms with E-state index in [9.17, 15) is 0 Å². The van der Waals surface area contributed by atoms with Crippen LogP contribution in [0, 0.1) is 5.41 Å². The monoisotopic (exact) mass is 196 g/mol. The third-order valence-corrected chi connectivity index (χ3v) is 2.66. The van der Waals surface area contributed by atoms with E-state index >= 15 is 0 Å². The van der Waals surface area contributed by atoms with E-state index in [2.05, 4.69) is 24.5 Å². The highest BCUT2D eigenvalue weighted by atomic mass is 15.1. The molecule has 1 aliphatic heterocycles. The zero-order valence-electron chi connectivity index (χ0n) is 9.09. The van der Waals surface area contributed by atoms with E-state index in [4.69, 9.17) is 11.1 Å². The molecule has 0 spiro atoms. The maximum absolute atomic E-state index is 7.35. The molecular weight excluding hydrogens is 176 g/mol. The van der Waals surface area contributed by atoms with Crippen LogP contribution in [0.25, 0.3) is 0 Å². The van der Waals surface area contributed by atoms with Crippen LogP contribution in [0.5, 0.6) is 0 Å². The smallest absolute Gasteiger partial charge is 0.0507 e. The highest BCUT2D eigenvalue weighted by molar-refractivity contribution is 5.78. The van der Waals surface area contributed by atoms with Crippen LogP contribution < -0.4 is 16.4 Å². The topological polar surface area (TPSA) is 73.9 Å². The SMILES string of the molecule is C/C(N)=C(/C=N)C1NC(C)CNC1C. The van der Waals surface area contributed by atoms with Crippen molar-refractivity contribution in [1.29, 1.82) is 5.41 Å². The molecule has 4 nitrogen and oxygen atoms in total. The van der Waals surface area contributed by atoms with Gasteiger partial charge in [-0.15, -0.1) is 0 Å².